The molecule has 1 saturated carbocycles. The fraction of sp³-hybridized carbons (Fsp3) is 0.333. The lowest BCUT2D eigenvalue weighted by molar-refractivity contribution is -0.121. The van der Waals surface area contributed by atoms with E-state index in [4.69, 9.17) is 4.74 Å². The number of carbonyl (C=O) groups is 1. The summed E-state index contributed by atoms with van der Waals surface area (Å²) in [5.74, 6) is 0.254. The van der Waals surface area contributed by atoms with E-state index in [1.54, 1.807) is 29.9 Å². The van der Waals surface area contributed by atoms with Crippen LogP contribution in [-0.2, 0) is 4.79 Å². The molecule has 0 radical (unpaired) electrons. The number of aromatic nitrogens is 2. The van der Waals surface area contributed by atoms with Crippen LogP contribution >= 0.6 is 0 Å². The standard InChI is InChI=1S/C21H22FN3O3/c1-28-17-9-5-15(6-10-17)23-20(26)13-2-7-16(8-3-13)25-19-12-14(22)4-11-18(19)24-21(25)27/h4-6,9-13,16H,2-3,7-8H2,1H3,(H,23,26)(H,24,27). The van der Waals surface area contributed by atoms with Crippen LogP contribution in [0.5, 0.6) is 5.75 Å². The summed E-state index contributed by atoms with van der Waals surface area (Å²) in [6.45, 7) is 0. The molecule has 6 nitrogen and oxygen atoms in total. The maximum Gasteiger partial charge on any atom is 0.326 e. The summed E-state index contributed by atoms with van der Waals surface area (Å²) in [5, 5.41) is 2.94. The summed E-state index contributed by atoms with van der Waals surface area (Å²) in [4.78, 5) is 27.7. The van der Waals surface area contributed by atoms with Crippen molar-refractivity contribution >= 4 is 22.6 Å². The monoisotopic (exact) mass is 383 g/mol. The Labute approximate surface area is 161 Å². The second-order valence-corrected chi connectivity index (χ2v) is 7.18. The molecule has 0 saturated heterocycles. The number of carbonyl (C=O) groups excluding carboxylic acids is 1. The zero-order valence-electron chi connectivity index (χ0n) is 15.6. The molecule has 0 unspecified atom stereocenters. The predicted octanol–water partition coefficient (Wildman–Crippen LogP) is 3.85. The first kappa shape index (κ1) is 18.3. The van der Waals surface area contributed by atoms with Gasteiger partial charge in [-0.05, 0) is 68.1 Å². The Morgan fingerprint density at radius 1 is 1.14 bits per heavy atom. The lowest BCUT2D eigenvalue weighted by Gasteiger charge is -2.28. The number of aromatic amines is 1. The first-order valence-corrected chi connectivity index (χ1v) is 9.40. The van der Waals surface area contributed by atoms with Gasteiger partial charge in [-0.1, -0.05) is 0 Å². The molecule has 7 heteroatoms. The minimum atomic E-state index is -0.368. The molecule has 2 aromatic carbocycles. The van der Waals surface area contributed by atoms with E-state index < -0.39 is 0 Å². The van der Waals surface area contributed by atoms with Crippen LogP contribution in [0, 0.1) is 11.7 Å². The number of fused-ring (bicyclic) bond motifs is 1. The van der Waals surface area contributed by atoms with Crippen molar-refractivity contribution < 1.29 is 13.9 Å². The Bertz CT molecular complexity index is 1050. The number of hydrogen-bond donors (Lipinski definition) is 2. The molecule has 0 atom stereocenters. The molecule has 0 aliphatic heterocycles. The average Bonchev–Trinajstić information content (AvgIpc) is 3.03. The number of rotatable bonds is 4. The molecule has 3 aromatic rings. The molecule has 146 valence electrons. The van der Waals surface area contributed by atoms with Gasteiger partial charge in [0.2, 0.25) is 5.91 Å². The Kier molecular flexibility index (Phi) is 4.90. The third-order valence-corrected chi connectivity index (χ3v) is 5.47. The molecule has 28 heavy (non-hydrogen) atoms. The van der Waals surface area contributed by atoms with Crippen LogP contribution in [0.2, 0.25) is 0 Å². The molecule has 2 N–H and O–H groups in total. The van der Waals surface area contributed by atoms with Gasteiger partial charge in [0.15, 0.2) is 0 Å². The molecule has 1 fully saturated rings. The van der Waals surface area contributed by atoms with E-state index in [9.17, 15) is 14.0 Å². The van der Waals surface area contributed by atoms with Crippen LogP contribution in [0.4, 0.5) is 10.1 Å². The van der Waals surface area contributed by atoms with Gasteiger partial charge in [0, 0.05) is 17.6 Å². The molecule has 0 bridgehead atoms. The molecule has 4 rings (SSSR count). The number of nitrogens with one attached hydrogen (secondary N) is 2. The van der Waals surface area contributed by atoms with Gasteiger partial charge < -0.3 is 15.0 Å². The van der Waals surface area contributed by atoms with Crippen molar-refractivity contribution in [3.8, 4) is 5.75 Å². The number of benzene rings is 2. The molecular formula is C21H22FN3O3. The largest absolute Gasteiger partial charge is 0.497 e. The summed E-state index contributed by atoms with van der Waals surface area (Å²) < 4.78 is 20.4. The summed E-state index contributed by atoms with van der Waals surface area (Å²) >= 11 is 0. The van der Waals surface area contributed by atoms with Crippen molar-refractivity contribution in [1.82, 2.24) is 9.55 Å². The molecule has 1 heterocycles. The summed E-state index contributed by atoms with van der Waals surface area (Å²) in [6.07, 6.45) is 2.76. The molecule has 1 amide bonds. The number of amides is 1. The Hall–Kier alpha value is -3.09. The van der Waals surface area contributed by atoms with Crippen LogP contribution < -0.4 is 15.7 Å². The number of methoxy groups -OCH3 is 1. The maximum atomic E-state index is 13.6. The third-order valence-electron chi connectivity index (χ3n) is 5.47. The number of nitrogens with zero attached hydrogens (tertiary/aromatic N) is 1. The van der Waals surface area contributed by atoms with E-state index in [1.165, 1.54) is 12.1 Å². The minimum absolute atomic E-state index is 0.0130. The highest BCUT2D eigenvalue weighted by molar-refractivity contribution is 5.92. The lowest BCUT2D eigenvalue weighted by atomic mass is 9.85. The average molecular weight is 383 g/mol. The molecule has 1 aliphatic rings. The van der Waals surface area contributed by atoms with Crippen molar-refractivity contribution in [3.63, 3.8) is 0 Å². The first-order valence-electron chi connectivity index (χ1n) is 9.40. The molecule has 1 aromatic heterocycles. The van der Waals surface area contributed by atoms with Gasteiger partial charge in [-0.25, -0.2) is 9.18 Å². The van der Waals surface area contributed by atoms with Gasteiger partial charge in [-0.3, -0.25) is 9.36 Å². The zero-order valence-corrected chi connectivity index (χ0v) is 15.6. The van der Waals surface area contributed by atoms with Crippen LogP contribution in [0.1, 0.15) is 31.7 Å². The van der Waals surface area contributed by atoms with E-state index in [1.807, 2.05) is 12.1 Å². The number of anilines is 1. The smallest absolute Gasteiger partial charge is 0.326 e. The van der Waals surface area contributed by atoms with Crippen LogP contribution in [0.25, 0.3) is 11.0 Å². The van der Waals surface area contributed by atoms with Crippen LogP contribution in [-0.4, -0.2) is 22.6 Å². The van der Waals surface area contributed by atoms with E-state index in [0.29, 0.717) is 36.7 Å². The zero-order chi connectivity index (χ0) is 19.7. The first-order chi connectivity index (χ1) is 13.5. The second-order valence-electron chi connectivity index (χ2n) is 7.18. The Morgan fingerprint density at radius 3 is 2.54 bits per heavy atom. The quantitative estimate of drug-likeness (QED) is 0.719. The van der Waals surface area contributed by atoms with E-state index >= 15 is 0 Å². The molecule has 1 aliphatic carbocycles. The fourth-order valence-electron chi connectivity index (χ4n) is 3.97. The van der Waals surface area contributed by atoms with E-state index in [0.717, 1.165) is 11.4 Å². The Morgan fingerprint density at radius 2 is 1.86 bits per heavy atom. The number of ether oxygens (including phenoxy) is 1. The van der Waals surface area contributed by atoms with Gasteiger partial charge in [0.05, 0.1) is 18.1 Å². The van der Waals surface area contributed by atoms with Crippen molar-refractivity contribution in [2.75, 3.05) is 12.4 Å². The van der Waals surface area contributed by atoms with Gasteiger partial charge in [-0.15, -0.1) is 0 Å². The predicted molar refractivity (Wildman–Crippen MR) is 105 cm³/mol. The molecule has 0 spiro atoms. The van der Waals surface area contributed by atoms with Crippen molar-refractivity contribution in [2.45, 2.75) is 31.7 Å². The van der Waals surface area contributed by atoms with Gasteiger partial charge in [0.25, 0.3) is 0 Å². The van der Waals surface area contributed by atoms with E-state index in [-0.39, 0.29) is 29.4 Å². The van der Waals surface area contributed by atoms with Crippen LogP contribution in [0.15, 0.2) is 47.3 Å². The van der Waals surface area contributed by atoms with Gasteiger partial charge in [0.1, 0.15) is 11.6 Å². The number of hydrogen-bond acceptors (Lipinski definition) is 3. The number of H-pyrrole nitrogens is 1. The maximum absolute atomic E-state index is 13.6. The third kappa shape index (κ3) is 3.52. The summed E-state index contributed by atoms with van der Waals surface area (Å²) in [6, 6.07) is 11.5. The molecular weight excluding hydrogens is 361 g/mol. The highest BCUT2D eigenvalue weighted by Crippen LogP contribution is 2.34. The normalized spacial score (nSPS) is 19.5. The van der Waals surface area contributed by atoms with Gasteiger partial charge in [-0.2, -0.15) is 0 Å². The minimum Gasteiger partial charge on any atom is -0.497 e. The highest BCUT2D eigenvalue weighted by Gasteiger charge is 2.29. The second kappa shape index (κ2) is 7.50. The van der Waals surface area contributed by atoms with Crippen molar-refractivity contribution in [2.24, 2.45) is 5.92 Å². The number of halogens is 1. The van der Waals surface area contributed by atoms with Gasteiger partial charge >= 0.3 is 5.69 Å². The van der Waals surface area contributed by atoms with Crippen LogP contribution in [0.3, 0.4) is 0 Å². The topological polar surface area (TPSA) is 76.1 Å². The SMILES string of the molecule is COc1ccc(NC(=O)C2CCC(n3c(=O)[nH]c4ccc(F)cc43)CC2)cc1. The summed E-state index contributed by atoms with van der Waals surface area (Å²) in [7, 11) is 1.60. The highest BCUT2D eigenvalue weighted by atomic mass is 19.1. The Balaban J connectivity index is 1.43. The van der Waals surface area contributed by atoms with Crippen molar-refractivity contribution in [1.29, 1.82) is 0 Å². The summed E-state index contributed by atoms with van der Waals surface area (Å²) in [5.41, 5.74) is 1.71. The lowest BCUT2D eigenvalue weighted by Crippen LogP contribution is -2.31. The number of imidazole rings is 1. The van der Waals surface area contributed by atoms with Crippen molar-refractivity contribution in [3.05, 3.63) is 58.8 Å². The fourth-order valence-corrected chi connectivity index (χ4v) is 3.97. The van der Waals surface area contributed by atoms with E-state index in [2.05, 4.69) is 10.3 Å².